The van der Waals surface area contributed by atoms with Crippen molar-refractivity contribution in [2.45, 2.75) is 70.9 Å². The zero-order chi connectivity index (χ0) is 26.2. The minimum Gasteiger partial charge on any atom is -0.489 e. The Balaban J connectivity index is 1.50. The second-order valence-corrected chi connectivity index (χ2v) is 9.70. The number of nitrogens with zero attached hydrogens (tertiary/aromatic N) is 1. The van der Waals surface area contributed by atoms with Crippen molar-refractivity contribution < 1.29 is 23.9 Å². The van der Waals surface area contributed by atoms with E-state index in [0.717, 1.165) is 36.8 Å². The van der Waals surface area contributed by atoms with E-state index in [4.69, 9.17) is 9.47 Å². The van der Waals surface area contributed by atoms with Crippen LogP contribution in [0.25, 0.3) is 0 Å². The van der Waals surface area contributed by atoms with Crippen molar-refractivity contribution >= 4 is 17.8 Å². The summed E-state index contributed by atoms with van der Waals surface area (Å²) in [6, 6.07) is 17.5. The first-order valence-corrected chi connectivity index (χ1v) is 13.2. The second-order valence-electron chi connectivity index (χ2n) is 9.70. The van der Waals surface area contributed by atoms with Gasteiger partial charge in [-0.3, -0.25) is 9.59 Å². The lowest BCUT2D eigenvalue weighted by Gasteiger charge is -2.34. The summed E-state index contributed by atoms with van der Waals surface area (Å²) in [7, 11) is 0. The first kappa shape index (κ1) is 26.5. The molecule has 2 aromatic rings. The topological polar surface area (TPSA) is 84.9 Å². The van der Waals surface area contributed by atoms with Crippen molar-refractivity contribution in [2.75, 3.05) is 13.2 Å². The van der Waals surface area contributed by atoms with Crippen molar-refractivity contribution in [3.63, 3.8) is 0 Å². The molecule has 1 heterocycles. The van der Waals surface area contributed by atoms with E-state index < -0.39 is 11.9 Å². The van der Waals surface area contributed by atoms with E-state index in [9.17, 15) is 14.4 Å². The minimum atomic E-state index is -0.459. The average Bonchev–Trinajstić information content (AvgIpc) is 2.91. The van der Waals surface area contributed by atoms with E-state index in [-0.39, 0.29) is 37.4 Å². The van der Waals surface area contributed by atoms with E-state index in [0.29, 0.717) is 23.6 Å². The number of carbonyl (C=O) groups is 3. The number of esters is 1. The summed E-state index contributed by atoms with van der Waals surface area (Å²) in [4.78, 5) is 40.4. The molecule has 0 bridgehead atoms. The number of hydrogen-bond donors (Lipinski definition) is 1. The minimum absolute atomic E-state index is 0.0897. The predicted molar refractivity (Wildman–Crippen MR) is 141 cm³/mol. The highest BCUT2D eigenvalue weighted by Gasteiger charge is 2.37. The smallest absolute Gasteiger partial charge is 0.336 e. The molecule has 2 aliphatic rings. The van der Waals surface area contributed by atoms with Crippen LogP contribution in [0.2, 0.25) is 0 Å². The number of hydrogen-bond acceptors (Lipinski definition) is 5. The number of amides is 2. The van der Waals surface area contributed by atoms with Gasteiger partial charge in [0.25, 0.3) is 0 Å². The van der Waals surface area contributed by atoms with Crippen molar-refractivity contribution in [1.82, 2.24) is 10.2 Å². The highest BCUT2D eigenvalue weighted by atomic mass is 16.5. The maximum absolute atomic E-state index is 13.2. The monoisotopic (exact) mass is 504 g/mol. The fraction of sp³-hybridized carbons (Fsp3) is 0.433. The van der Waals surface area contributed by atoms with Gasteiger partial charge in [-0.1, -0.05) is 61.7 Å². The number of benzene rings is 2. The molecule has 1 saturated carbocycles. The molecular formula is C30H36N2O5. The van der Waals surface area contributed by atoms with Crippen LogP contribution in [0.5, 0.6) is 5.75 Å². The maximum Gasteiger partial charge on any atom is 0.336 e. The van der Waals surface area contributed by atoms with Crippen LogP contribution in [0.15, 0.2) is 65.9 Å². The second kappa shape index (κ2) is 12.6. The van der Waals surface area contributed by atoms with Crippen LogP contribution in [0.4, 0.5) is 0 Å². The zero-order valence-electron chi connectivity index (χ0n) is 21.7. The van der Waals surface area contributed by atoms with E-state index in [1.807, 2.05) is 54.6 Å². The van der Waals surface area contributed by atoms with Gasteiger partial charge in [0.15, 0.2) is 0 Å². The van der Waals surface area contributed by atoms with E-state index >= 15 is 0 Å². The van der Waals surface area contributed by atoms with Crippen LogP contribution in [0.3, 0.4) is 0 Å². The number of rotatable bonds is 9. The normalized spacial score (nSPS) is 18.5. The summed E-state index contributed by atoms with van der Waals surface area (Å²) in [6.45, 7) is 4.06. The number of carbonyl (C=O) groups excluding carboxylic acids is 3. The first-order chi connectivity index (χ1) is 18.0. The lowest BCUT2D eigenvalue weighted by molar-refractivity contribution is -0.141. The van der Waals surface area contributed by atoms with Crippen LogP contribution in [0.1, 0.15) is 69.4 Å². The fourth-order valence-corrected chi connectivity index (χ4v) is 5.16. The molecule has 0 spiro atoms. The Labute approximate surface area is 218 Å². The van der Waals surface area contributed by atoms with Gasteiger partial charge in [-0.25, -0.2) is 4.79 Å². The van der Waals surface area contributed by atoms with Gasteiger partial charge >= 0.3 is 5.97 Å². The summed E-state index contributed by atoms with van der Waals surface area (Å²) >= 11 is 0. The van der Waals surface area contributed by atoms with Gasteiger partial charge in [0.2, 0.25) is 11.8 Å². The summed E-state index contributed by atoms with van der Waals surface area (Å²) in [5, 5.41) is 3.06. The van der Waals surface area contributed by atoms with E-state index in [1.54, 1.807) is 13.8 Å². The zero-order valence-corrected chi connectivity index (χ0v) is 21.7. The fourth-order valence-electron chi connectivity index (χ4n) is 5.16. The number of nitrogens with one attached hydrogen (secondary N) is 1. The van der Waals surface area contributed by atoms with Crippen LogP contribution in [-0.4, -0.2) is 41.9 Å². The largest absolute Gasteiger partial charge is 0.489 e. The predicted octanol–water partition coefficient (Wildman–Crippen LogP) is 4.87. The SMILES string of the molecule is CCOC(=O)C1=C(C)N(CC(=O)NC2CCCCC2)C(=O)CC1c1ccc(OCc2ccccc2)cc1. The Kier molecular flexibility index (Phi) is 8.99. The number of ether oxygens (including phenoxy) is 2. The molecule has 1 unspecified atom stereocenters. The molecule has 4 rings (SSSR count). The summed E-state index contributed by atoms with van der Waals surface area (Å²) in [5.74, 6) is -0.582. The molecule has 196 valence electrons. The molecule has 0 aromatic heterocycles. The van der Waals surface area contributed by atoms with Crippen molar-refractivity contribution in [1.29, 1.82) is 0 Å². The van der Waals surface area contributed by atoms with Gasteiger partial charge in [-0.15, -0.1) is 0 Å². The molecule has 1 aliphatic carbocycles. The molecule has 0 radical (unpaired) electrons. The van der Waals surface area contributed by atoms with Gasteiger partial charge in [0.1, 0.15) is 18.9 Å². The average molecular weight is 505 g/mol. The molecule has 1 atom stereocenters. The third-order valence-corrected chi connectivity index (χ3v) is 7.12. The molecule has 2 aromatic carbocycles. The highest BCUT2D eigenvalue weighted by molar-refractivity contribution is 5.97. The maximum atomic E-state index is 13.2. The first-order valence-electron chi connectivity index (χ1n) is 13.2. The Bertz CT molecular complexity index is 1120. The van der Waals surface area contributed by atoms with Crippen LogP contribution >= 0.6 is 0 Å². The van der Waals surface area contributed by atoms with Crippen molar-refractivity contribution in [3.05, 3.63) is 77.0 Å². The van der Waals surface area contributed by atoms with Crippen molar-refractivity contribution in [3.8, 4) is 5.75 Å². The summed E-state index contributed by atoms with van der Waals surface area (Å²) in [5.41, 5.74) is 2.79. The lowest BCUT2D eigenvalue weighted by Crippen LogP contribution is -2.46. The van der Waals surface area contributed by atoms with Gasteiger partial charge in [0, 0.05) is 24.1 Å². The van der Waals surface area contributed by atoms with Crippen molar-refractivity contribution in [2.24, 2.45) is 0 Å². The molecular weight excluding hydrogens is 468 g/mol. The molecule has 7 nitrogen and oxygen atoms in total. The van der Waals surface area contributed by atoms with Crippen LogP contribution in [-0.2, 0) is 25.7 Å². The van der Waals surface area contributed by atoms with Crippen LogP contribution in [0, 0.1) is 0 Å². The van der Waals surface area contributed by atoms with E-state index in [2.05, 4.69) is 5.32 Å². The van der Waals surface area contributed by atoms with Gasteiger partial charge < -0.3 is 19.7 Å². The summed E-state index contributed by atoms with van der Waals surface area (Å²) in [6.07, 6.45) is 5.44. The van der Waals surface area contributed by atoms with Gasteiger partial charge in [0.05, 0.1) is 12.2 Å². The standard InChI is InChI=1S/C30H36N2O5/c1-3-36-30(35)29-21(2)32(19-27(33)31-24-12-8-5-9-13-24)28(34)18-26(29)23-14-16-25(17-15-23)37-20-22-10-6-4-7-11-22/h4,6-7,10-11,14-17,24,26H,3,5,8-9,12-13,18-20H2,1-2H3,(H,31,33). The highest BCUT2D eigenvalue weighted by Crippen LogP contribution is 2.37. The lowest BCUT2D eigenvalue weighted by atomic mass is 9.83. The molecule has 1 aliphatic heterocycles. The van der Waals surface area contributed by atoms with E-state index in [1.165, 1.54) is 11.3 Å². The third kappa shape index (κ3) is 6.79. The Hall–Kier alpha value is -3.61. The summed E-state index contributed by atoms with van der Waals surface area (Å²) < 4.78 is 11.3. The Morgan fingerprint density at radius 3 is 2.38 bits per heavy atom. The number of allylic oxidation sites excluding steroid dienone is 1. The van der Waals surface area contributed by atoms with Crippen LogP contribution < -0.4 is 10.1 Å². The molecule has 1 N–H and O–H groups in total. The third-order valence-electron chi connectivity index (χ3n) is 7.12. The molecule has 1 fully saturated rings. The van der Waals surface area contributed by atoms with Gasteiger partial charge in [-0.05, 0) is 49.9 Å². The molecule has 7 heteroatoms. The Morgan fingerprint density at radius 1 is 1.00 bits per heavy atom. The molecule has 0 saturated heterocycles. The molecule has 37 heavy (non-hydrogen) atoms. The quantitative estimate of drug-likeness (QED) is 0.493. The molecule has 2 amide bonds. The Morgan fingerprint density at radius 2 is 1.70 bits per heavy atom. The van der Waals surface area contributed by atoms with Gasteiger partial charge in [-0.2, -0.15) is 0 Å².